The molecule has 2 rings (SSSR count). The van der Waals surface area contributed by atoms with Crippen molar-refractivity contribution in [3.05, 3.63) is 47.8 Å². The van der Waals surface area contributed by atoms with Crippen LogP contribution in [-0.4, -0.2) is 51.2 Å². The van der Waals surface area contributed by atoms with E-state index in [0.717, 1.165) is 13.2 Å². The number of aromatic carboxylic acids is 2. The molecule has 0 amide bonds. The zero-order chi connectivity index (χ0) is 17.5. The zero-order valence-corrected chi connectivity index (χ0v) is 13.7. The third kappa shape index (κ3) is 5.02. The second kappa shape index (κ2) is 8.22. The zero-order valence-electron chi connectivity index (χ0n) is 12.8. The third-order valence-electron chi connectivity index (χ3n) is 3.20. The smallest absolute Gasteiger partial charge is 0.336 e. The molecule has 1 atom stereocenters. The molecule has 7 nitrogen and oxygen atoms in total. The topological polar surface area (TPSA) is 102 Å². The summed E-state index contributed by atoms with van der Waals surface area (Å²) in [5.74, 6) is -2.46. The summed E-state index contributed by atoms with van der Waals surface area (Å²) in [5, 5.41) is 27.8. The minimum absolute atomic E-state index is 0.190. The summed E-state index contributed by atoms with van der Waals surface area (Å²) < 4.78 is 0.701. The standard InChI is InChI=1S/C8H6O4.C7H12N3S/c9-7(10)5-3-1-2-4-6(5)8(11)12;1-3-10(11-6-8)5-4-9(2)7-10/h1-4H,(H,9,10)(H,11,12);4-5H,3,7H2,1-2H3/q;+1. The van der Waals surface area contributed by atoms with Crippen LogP contribution in [0.4, 0.5) is 0 Å². The fraction of sp³-hybridized carbons (Fsp3) is 0.267. The van der Waals surface area contributed by atoms with Gasteiger partial charge < -0.3 is 15.1 Å². The molecule has 1 aliphatic heterocycles. The van der Waals surface area contributed by atoms with Gasteiger partial charge in [-0.05, 0) is 19.1 Å². The predicted octanol–water partition coefficient (Wildman–Crippen LogP) is 2.41. The van der Waals surface area contributed by atoms with Crippen molar-refractivity contribution < 1.29 is 23.7 Å². The second-order valence-electron chi connectivity index (χ2n) is 4.80. The Morgan fingerprint density at radius 2 is 1.83 bits per heavy atom. The molecule has 0 radical (unpaired) electrons. The first-order valence-electron chi connectivity index (χ1n) is 6.75. The summed E-state index contributed by atoms with van der Waals surface area (Å²) in [6.45, 7) is 3.95. The van der Waals surface area contributed by atoms with Gasteiger partial charge in [-0.2, -0.15) is 5.26 Å². The molecule has 122 valence electrons. The molecular formula is C15H18N3O4S+. The van der Waals surface area contributed by atoms with E-state index < -0.39 is 11.9 Å². The van der Waals surface area contributed by atoms with Crippen LogP contribution in [0.25, 0.3) is 0 Å². The summed E-state index contributed by atoms with van der Waals surface area (Å²) >= 11 is 1.30. The molecule has 0 bridgehead atoms. The monoisotopic (exact) mass is 336 g/mol. The lowest BCUT2D eigenvalue weighted by Gasteiger charge is -2.24. The Morgan fingerprint density at radius 1 is 1.30 bits per heavy atom. The van der Waals surface area contributed by atoms with Crippen LogP contribution in [0.5, 0.6) is 0 Å². The molecule has 1 unspecified atom stereocenters. The van der Waals surface area contributed by atoms with Crippen LogP contribution < -0.4 is 0 Å². The van der Waals surface area contributed by atoms with Crippen LogP contribution in [0, 0.1) is 10.7 Å². The highest BCUT2D eigenvalue weighted by molar-refractivity contribution is 7.98. The first-order chi connectivity index (χ1) is 10.8. The molecule has 1 heterocycles. The van der Waals surface area contributed by atoms with Crippen LogP contribution in [0.1, 0.15) is 27.6 Å². The molecule has 0 fully saturated rings. The van der Waals surface area contributed by atoms with Gasteiger partial charge >= 0.3 is 11.9 Å². The minimum Gasteiger partial charge on any atom is -0.478 e. The summed E-state index contributed by atoms with van der Waals surface area (Å²) in [7, 11) is 2.02. The quantitative estimate of drug-likeness (QED) is 0.494. The van der Waals surface area contributed by atoms with Gasteiger partial charge in [0.25, 0.3) is 0 Å². The normalized spacial score (nSPS) is 18.7. The van der Waals surface area contributed by atoms with Crippen LogP contribution in [0.3, 0.4) is 0 Å². The predicted molar refractivity (Wildman–Crippen MR) is 86.1 cm³/mol. The highest BCUT2D eigenvalue weighted by Crippen LogP contribution is 2.27. The second-order valence-corrected chi connectivity index (χ2v) is 5.90. The molecular weight excluding hydrogens is 318 g/mol. The van der Waals surface area contributed by atoms with Crippen LogP contribution in [0.2, 0.25) is 0 Å². The van der Waals surface area contributed by atoms with Crippen molar-refractivity contribution in [3.63, 3.8) is 0 Å². The summed E-state index contributed by atoms with van der Waals surface area (Å²) in [6, 6.07) is 5.48. The summed E-state index contributed by atoms with van der Waals surface area (Å²) in [4.78, 5) is 23.0. The third-order valence-corrected chi connectivity index (χ3v) is 4.14. The molecule has 0 aliphatic carbocycles. The summed E-state index contributed by atoms with van der Waals surface area (Å²) in [6.07, 6.45) is 4.09. The molecule has 8 heteroatoms. The van der Waals surface area contributed by atoms with E-state index in [2.05, 4.69) is 23.4 Å². The van der Waals surface area contributed by atoms with E-state index in [1.807, 2.05) is 13.2 Å². The Kier molecular flexibility index (Phi) is 6.63. The van der Waals surface area contributed by atoms with Gasteiger partial charge in [0.15, 0.2) is 12.1 Å². The number of carbonyl (C=O) groups is 2. The number of thiocyanates is 1. The molecule has 23 heavy (non-hydrogen) atoms. The van der Waals surface area contributed by atoms with Crippen molar-refractivity contribution in [2.24, 2.45) is 0 Å². The van der Waals surface area contributed by atoms with E-state index in [-0.39, 0.29) is 11.1 Å². The van der Waals surface area contributed by atoms with Crippen molar-refractivity contribution in [2.45, 2.75) is 6.92 Å². The van der Waals surface area contributed by atoms with E-state index in [9.17, 15) is 9.59 Å². The number of carboxylic acid groups (broad SMARTS) is 2. The van der Waals surface area contributed by atoms with Crippen molar-refractivity contribution in [3.8, 4) is 5.40 Å². The fourth-order valence-electron chi connectivity index (χ4n) is 1.97. The lowest BCUT2D eigenvalue weighted by atomic mass is 10.1. The van der Waals surface area contributed by atoms with Crippen LogP contribution in [-0.2, 0) is 0 Å². The highest BCUT2D eigenvalue weighted by atomic mass is 32.2. The van der Waals surface area contributed by atoms with Gasteiger partial charge in [0, 0.05) is 7.05 Å². The van der Waals surface area contributed by atoms with Crippen molar-refractivity contribution in [1.29, 1.82) is 5.26 Å². The van der Waals surface area contributed by atoms with Gasteiger partial charge in [-0.1, -0.05) is 12.1 Å². The number of nitriles is 1. The Bertz CT molecular complexity index is 623. The molecule has 0 saturated heterocycles. The average molecular weight is 336 g/mol. The Labute approximate surface area is 138 Å². The highest BCUT2D eigenvalue weighted by Gasteiger charge is 2.30. The first-order valence-corrected chi connectivity index (χ1v) is 7.52. The van der Waals surface area contributed by atoms with Gasteiger partial charge in [-0.15, -0.1) is 0 Å². The van der Waals surface area contributed by atoms with E-state index in [1.54, 1.807) is 0 Å². The molecule has 0 spiro atoms. The number of hydrogen-bond donors (Lipinski definition) is 2. The van der Waals surface area contributed by atoms with Crippen LogP contribution >= 0.6 is 11.9 Å². The molecule has 1 aliphatic rings. The van der Waals surface area contributed by atoms with Crippen molar-refractivity contribution in [2.75, 3.05) is 20.3 Å². The van der Waals surface area contributed by atoms with Gasteiger partial charge in [-0.3, -0.25) is 0 Å². The fourth-order valence-corrected chi connectivity index (χ4v) is 2.62. The number of carboxylic acids is 2. The van der Waals surface area contributed by atoms with E-state index in [1.165, 1.54) is 36.2 Å². The maximum Gasteiger partial charge on any atom is 0.336 e. The molecule has 1 aromatic carbocycles. The van der Waals surface area contributed by atoms with E-state index in [4.69, 9.17) is 15.5 Å². The van der Waals surface area contributed by atoms with E-state index in [0.29, 0.717) is 3.89 Å². The van der Waals surface area contributed by atoms with Gasteiger partial charge in [0.2, 0.25) is 11.9 Å². The van der Waals surface area contributed by atoms with Gasteiger partial charge in [0.05, 0.1) is 23.9 Å². The lowest BCUT2D eigenvalue weighted by molar-refractivity contribution is -0.739. The Morgan fingerprint density at radius 3 is 2.13 bits per heavy atom. The molecule has 0 saturated carbocycles. The summed E-state index contributed by atoms with van der Waals surface area (Å²) in [5.41, 5.74) is -0.380. The van der Waals surface area contributed by atoms with Crippen molar-refractivity contribution >= 4 is 23.9 Å². The number of hydrogen-bond acceptors (Lipinski definition) is 5. The maximum atomic E-state index is 10.5. The SMILES string of the molecule is CC[N+]1(SC#N)C=CN(C)C1.O=C(O)c1ccccc1C(=O)O. The molecule has 0 aromatic heterocycles. The lowest BCUT2D eigenvalue weighted by Crippen LogP contribution is -2.36. The largest absolute Gasteiger partial charge is 0.478 e. The number of quaternary nitrogens is 1. The van der Waals surface area contributed by atoms with Gasteiger partial charge in [0.1, 0.15) is 6.20 Å². The van der Waals surface area contributed by atoms with Crippen LogP contribution in [0.15, 0.2) is 36.7 Å². The molecule has 1 aromatic rings. The Balaban J connectivity index is 0.000000231. The van der Waals surface area contributed by atoms with E-state index >= 15 is 0 Å². The van der Waals surface area contributed by atoms with Crippen molar-refractivity contribution in [1.82, 2.24) is 4.90 Å². The average Bonchev–Trinajstić information content (AvgIpc) is 2.90. The number of rotatable bonds is 4. The first kappa shape index (κ1) is 18.5. The molecule has 2 N–H and O–H groups in total. The minimum atomic E-state index is -1.23. The Hall–Kier alpha value is -2.50. The number of nitrogens with zero attached hydrogens (tertiary/aromatic N) is 3. The van der Waals surface area contributed by atoms with Gasteiger partial charge in [-0.25, -0.2) is 13.5 Å². The number of benzene rings is 1. The maximum absolute atomic E-state index is 10.5.